The Morgan fingerprint density at radius 2 is 2.14 bits per heavy atom. The van der Waals surface area contributed by atoms with Crippen LogP contribution in [0.1, 0.15) is 24.0 Å². The lowest BCUT2D eigenvalue weighted by molar-refractivity contribution is -0.305. The van der Waals surface area contributed by atoms with Crippen molar-refractivity contribution in [2.24, 2.45) is 0 Å². The lowest BCUT2D eigenvalue weighted by atomic mass is 10.0. The van der Waals surface area contributed by atoms with E-state index in [1.165, 1.54) is 5.56 Å². The third-order valence-corrected chi connectivity index (χ3v) is 3.79. The molecule has 112 valence electrons. The molecule has 0 aliphatic heterocycles. The van der Waals surface area contributed by atoms with Crippen molar-refractivity contribution in [2.75, 3.05) is 0 Å². The van der Waals surface area contributed by atoms with E-state index in [-0.39, 0.29) is 6.42 Å². The molecular weight excluding hydrogens is 276 g/mol. The van der Waals surface area contributed by atoms with Crippen molar-refractivity contribution in [2.45, 2.75) is 26.2 Å². The average molecular weight is 293 g/mol. The summed E-state index contributed by atoms with van der Waals surface area (Å²) in [6.45, 7) is 2.05. The number of hydrogen-bond donors (Lipinski definition) is 1. The van der Waals surface area contributed by atoms with Crippen molar-refractivity contribution in [1.82, 2.24) is 9.97 Å². The molecule has 0 radical (unpaired) electrons. The summed E-state index contributed by atoms with van der Waals surface area (Å²) in [6, 6.07) is 12.0. The average Bonchev–Trinajstić information content (AvgIpc) is 2.86. The number of hydrogen-bond acceptors (Lipinski definition) is 3. The van der Waals surface area contributed by atoms with Gasteiger partial charge in [0.1, 0.15) is 0 Å². The molecule has 1 aromatic carbocycles. The van der Waals surface area contributed by atoms with Crippen LogP contribution < -0.4 is 5.11 Å². The van der Waals surface area contributed by atoms with Crippen molar-refractivity contribution in [3.05, 3.63) is 53.7 Å². The first-order chi connectivity index (χ1) is 10.6. The van der Waals surface area contributed by atoms with E-state index in [1.807, 2.05) is 18.2 Å². The summed E-state index contributed by atoms with van der Waals surface area (Å²) in [5.74, 6) is -1.00. The first-order valence-corrected chi connectivity index (χ1v) is 7.37. The number of carboxylic acid groups (broad SMARTS) is 1. The van der Waals surface area contributed by atoms with Crippen LogP contribution in [0.2, 0.25) is 0 Å². The maximum Gasteiger partial charge on any atom is 0.0867 e. The summed E-state index contributed by atoms with van der Waals surface area (Å²) in [5.41, 5.74) is 5.20. The van der Waals surface area contributed by atoms with Crippen LogP contribution >= 0.6 is 0 Å². The van der Waals surface area contributed by atoms with Crippen LogP contribution in [0.4, 0.5) is 0 Å². The lowest BCUT2D eigenvalue weighted by Crippen LogP contribution is -2.21. The molecule has 0 aliphatic carbocycles. The topological polar surface area (TPSA) is 68.8 Å². The van der Waals surface area contributed by atoms with E-state index >= 15 is 0 Å². The number of pyridine rings is 1. The lowest BCUT2D eigenvalue weighted by Gasteiger charge is -2.06. The standard InChI is InChI=1S/C18H18N2O2/c1-12-8-9-15-14(11-12)13(5-4-7-17(21)22)18(20-15)16-6-2-3-10-19-16/h2-3,6,8-11,20H,4-5,7H2,1H3,(H,21,22)/p-1. The number of aryl methyl sites for hydroxylation is 2. The number of carbonyl (C=O) groups is 1. The second-order valence-corrected chi connectivity index (χ2v) is 5.47. The number of fused-ring (bicyclic) bond motifs is 1. The second kappa shape index (κ2) is 6.02. The van der Waals surface area contributed by atoms with Crippen LogP contribution in [-0.4, -0.2) is 15.9 Å². The normalized spacial score (nSPS) is 11.0. The molecule has 0 atom stereocenters. The number of nitrogens with zero attached hydrogens (tertiary/aromatic N) is 1. The maximum absolute atomic E-state index is 10.7. The molecule has 0 amide bonds. The Hall–Kier alpha value is -2.62. The number of carboxylic acids is 1. The van der Waals surface area contributed by atoms with Gasteiger partial charge in [-0.05, 0) is 56.0 Å². The first-order valence-electron chi connectivity index (χ1n) is 7.37. The van der Waals surface area contributed by atoms with Gasteiger partial charge in [0, 0.05) is 23.1 Å². The Labute approximate surface area is 128 Å². The maximum atomic E-state index is 10.7. The number of aromatic amines is 1. The van der Waals surface area contributed by atoms with Gasteiger partial charge < -0.3 is 14.9 Å². The molecule has 22 heavy (non-hydrogen) atoms. The van der Waals surface area contributed by atoms with E-state index < -0.39 is 5.97 Å². The fourth-order valence-corrected chi connectivity index (χ4v) is 2.76. The van der Waals surface area contributed by atoms with Gasteiger partial charge in [0.15, 0.2) is 0 Å². The van der Waals surface area contributed by atoms with Crippen LogP contribution in [0.5, 0.6) is 0 Å². The monoisotopic (exact) mass is 293 g/mol. The van der Waals surface area contributed by atoms with Crippen molar-refractivity contribution in [1.29, 1.82) is 0 Å². The molecular formula is C18H17N2O2-. The summed E-state index contributed by atoms with van der Waals surface area (Å²) in [5, 5.41) is 11.8. The van der Waals surface area contributed by atoms with Gasteiger partial charge in [-0.15, -0.1) is 0 Å². The predicted molar refractivity (Wildman–Crippen MR) is 84.2 cm³/mol. The summed E-state index contributed by atoms with van der Waals surface area (Å²) < 4.78 is 0. The highest BCUT2D eigenvalue weighted by Crippen LogP contribution is 2.31. The quantitative estimate of drug-likeness (QED) is 0.786. The summed E-state index contributed by atoms with van der Waals surface area (Å²) in [7, 11) is 0. The van der Waals surface area contributed by atoms with E-state index in [1.54, 1.807) is 6.20 Å². The molecule has 0 aliphatic rings. The summed E-state index contributed by atoms with van der Waals surface area (Å²) in [4.78, 5) is 18.5. The van der Waals surface area contributed by atoms with Crippen molar-refractivity contribution < 1.29 is 9.90 Å². The van der Waals surface area contributed by atoms with Gasteiger partial charge in [0.05, 0.1) is 11.4 Å². The van der Waals surface area contributed by atoms with E-state index in [4.69, 9.17) is 0 Å². The fraction of sp³-hybridized carbons (Fsp3) is 0.222. The summed E-state index contributed by atoms with van der Waals surface area (Å²) >= 11 is 0. The number of benzene rings is 1. The Morgan fingerprint density at radius 3 is 2.86 bits per heavy atom. The van der Waals surface area contributed by atoms with E-state index in [0.717, 1.165) is 27.9 Å². The zero-order valence-electron chi connectivity index (χ0n) is 12.4. The van der Waals surface area contributed by atoms with Gasteiger partial charge in [-0.1, -0.05) is 17.7 Å². The number of aromatic nitrogens is 2. The SMILES string of the molecule is Cc1ccc2[nH]c(-c3ccccn3)c(CCCC(=O)[O-])c2c1. The molecule has 1 N–H and O–H groups in total. The highest BCUT2D eigenvalue weighted by molar-refractivity contribution is 5.90. The van der Waals surface area contributed by atoms with E-state index in [9.17, 15) is 9.90 Å². The minimum Gasteiger partial charge on any atom is -0.550 e. The van der Waals surface area contributed by atoms with Gasteiger partial charge in [-0.3, -0.25) is 4.98 Å². The molecule has 0 saturated heterocycles. The molecule has 3 rings (SSSR count). The number of H-pyrrole nitrogens is 1. The third kappa shape index (κ3) is 2.86. The predicted octanol–water partition coefficient (Wildman–Crippen LogP) is 2.61. The van der Waals surface area contributed by atoms with Crippen LogP contribution in [-0.2, 0) is 11.2 Å². The largest absolute Gasteiger partial charge is 0.550 e. The number of carbonyl (C=O) groups excluding carboxylic acids is 1. The van der Waals surface area contributed by atoms with Crippen LogP contribution in [0, 0.1) is 6.92 Å². The zero-order chi connectivity index (χ0) is 15.5. The molecule has 0 spiro atoms. The Morgan fingerprint density at radius 1 is 1.27 bits per heavy atom. The van der Waals surface area contributed by atoms with E-state index in [0.29, 0.717) is 12.8 Å². The molecule has 0 bridgehead atoms. The van der Waals surface area contributed by atoms with Gasteiger partial charge >= 0.3 is 0 Å². The smallest absolute Gasteiger partial charge is 0.0867 e. The Kier molecular flexibility index (Phi) is 3.92. The minimum atomic E-state index is -1.00. The molecule has 3 aromatic rings. The van der Waals surface area contributed by atoms with Crippen molar-refractivity contribution in [3.8, 4) is 11.4 Å². The summed E-state index contributed by atoms with van der Waals surface area (Å²) in [6.07, 6.45) is 3.07. The van der Waals surface area contributed by atoms with Gasteiger partial charge in [-0.25, -0.2) is 0 Å². The van der Waals surface area contributed by atoms with Crippen molar-refractivity contribution in [3.63, 3.8) is 0 Å². The zero-order valence-corrected chi connectivity index (χ0v) is 12.4. The number of aliphatic carboxylic acids is 1. The van der Waals surface area contributed by atoms with Crippen LogP contribution in [0.3, 0.4) is 0 Å². The highest BCUT2D eigenvalue weighted by atomic mass is 16.4. The van der Waals surface area contributed by atoms with E-state index in [2.05, 4.69) is 35.1 Å². The molecule has 0 saturated carbocycles. The molecule has 0 fully saturated rings. The molecule has 4 nitrogen and oxygen atoms in total. The van der Waals surface area contributed by atoms with Gasteiger partial charge in [0.25, 0.3) is 0 Å². The van der Waals surface area contributed by atoms with Crippen LogP contribution in [0.25, 0.3) is 22.3 Å². The van der Waals surface area contributed by atoms with Gasteiger partial charge in [-0.2, -0.15) is 0 Å². The Balaban J connectivity index is 2.07. The Bertz CT molecular complexity index is 807. The molecule has 0 unspecified atom stereocenters. The molecule has 4 heteroatoms. The number of nitrogens with one attached hydrogen (secondary N) is 1. The van der Waals surface area contributed by atoms with Crippen molar-refractivity contribution >= 4 is 16.9 Å². The molecule has 2 heterocycles. The second-order valence-electron chi connectivity index (χ2n) is 5.47. The third-order valence-electron chi connectivity index (χ3n) is 3.79. The van der Waals surface area contributed by atoms with Gasteiger partial charge in [0.2, 0.25) is 0 Å². The minimum absolute atomic E-state index is 0.0696. The first kappa shape index (κ1) is 14.3. The number of rotatable bonds is 5. The van der Waals surface area contributed by atoms with Crippen LogP contribution in [0.15, 0.2) is 42.6 Å². The highest BCUT2D eigenvalue weighted by Gasteiger charge is 2.13. The molecule has 2 aromatic heterocycles. The fourth-order valence-electron chi connectivity index (χ4n) is 2.76.